The van der Waals surface area contributed by atoms with Crippen LogP contribution in [0, 0.1) is 23.2 Å². The number of hydrogen-bond acceptors (Lipinski definition) is 2. The van der Waals surface area contributed by atoms with Gasteiger partial charge in [0, 0.05) is 21.9 Å². The standard InChI is InChI=1S/C21H11NO/c22-14-17-5-3-4-15(12-17)8-9-16-10-11-19-18-6-1-2-7-20(18)23-21(19)13-16/h1-7,10-13H. The van der Waals surface area contributed by atoms with Gasteiger partial charge in [0.15, 0.2) is 0 Å². The largest absolute Gasteiger partial charge is 0.456 e. The molecule has 2 heteroatoms. The van der Waals surface area contributed by atoms with Gasteiger partial charge in [-0.25, -0.2) is 0 Å². The fraction of sp³-hybridized carbons (Fsp3) is 0. The fourth-order valence-corrected chi connectivity index (χ4v) is 2.61. The molecule has 0 aliphatic heterocycles. The Morgan fingerprint density at radius 3 is 2.26 bits per heavy atom. The second-order valence-corrected chi connectivity index (χ2v) is 5.25. The molecule has 0 spiro atoms. The van der Waals surface area contributed by atoms with Crippen LogP contribution in [0.1, 0.15) is 16.7 Å². The van der Waals surface area contributed by atoms with Gasteiger partial charge in [0.25, 0.3) is 0 Å². The molecule has 0 saturated heterocycles. The molecule has 0 bridgehead atoms. The van der Waals surface area contributed by atoms with Crippen molar-refractivity contribution in [2.24, 2.45) is 0 Å². The molecular formula is C21H11NO. The van der Waals surface area contributed by atoms with Crippen molar-refractivity contribution in [3.63, 3.8) is 0 Å². The van der Waals surface area contributed by atoms with Gasteiger partial charge in [0.1, 0.15) is 11.2 Å². The Hall–Kier alpha value is -3.49. The van der Waals surface area contributed by atoms with E-state index in [1.54, 1.807) is 12.1 Å². The summed E-state index contributed by atoms with van der Waals surface area (Å²) in [5.74, 6) is 6.22. The van der Waals surface area contributed by atoms with Crippen LogP contribution in [0.4, 0.5) is 0 Å². The Bertz CT molecular complexity index is 1130. The van der Waals surface area contributed by atoms with E-state index < -0.39 is 0 Å². The van der Waals surface area contributed by atoms with Crippen molar-refractivity contribution >= 4 is 21.9 Å². The maximum Gasteiger partial charge on any atom is 0.136 e. The highest BCUT2D eigenvalue weighted by Gasteiger charge is 2.05. The van der Waals surface area contributed by atoms with Crippen LogP contribution in [0.15, 0.2) is 71.1 Å². The first-order valence-electron chi connectivity index (χ1n) is 7.27. The van der Waals surface area contributed by atoms with Crippen molar-refractivity contribution in [3.8, 4) is 17.9 Å². The normalized spacial score (nSPS) is 10.2. The first kappa shape index (κ1) is 13.2. The number of hydrogen-bond donors (Lipinski definition) is 0. The minimum absolute atomic E-state index is 0.615. The summed E-state index contributed by atoms with van der Waals surface area (Å²) in [6.07, 6.45) is 0. The van der Waals surface area contributed by atoms with Crippen LogP contribution in [-0.4, -0.2) is 0 Å². The average molecular weight is 293 g/mol. The molecule has 4 aromatic rings. The zero-order valence-electron chi connectivity index (χ0n) is 12.2. The van der Waals surface area contributed by atoms with Crippen LogP contribution < -0.4 is 0 Å². The highest BCUT2D eigenvalue weighted by atomic mass is 16.3. The predicted octanol–water partition coefficient (Wildman–Crippen LogP) is 4.86. The van der Waals surface area contributed by atoms with E-state index in [2.05, 4.69) is 24.0 Å². The Kier molecular flexibility index (Phi) is 3.08. The van der Waals surface area contributed by atoms with Crippen LogP contribution in [0.5, 0.6) is 0 Å². The lowest BCUT2D eigenvalue weighted by atomic mass is 10.1. The highest BCUT2D eigenvalue weighted by Crippen LogP contribution is 2.28. The lowest BCUT2D eigenvalue weighted by Gasteiger charge is -1.93. The quantitative estimate of drug-likeness (QED) is 0.434. The molecule has 0 saturated carbocycles. The van der Waals surface area contributed by atoms with E-state index in [1.807, 2.05) is 48.5 Å². The number of nitriles is 1. The van der Waals surface area contributed by atoms with E-state index in [1.165, 1.54) is 0 Å². The van der Waals surface area contributed by atoms with Crippen molar-refractivity contribution in [2.45, 2.75) is 0 Å². The van der Waals surface area contributed by atoms with Crippen LogP contribution in [0.2, 0.25) is 0 Å². The molecule has 2 nitrogen and oxygen atoms in total. The maximum atomic E-state index is 8.92. The molecule has 1 heterocycles. The molecule has 0 aliphatic carbocycles. The third-order valence-electron chi connectivity index (χ3n) is 3.72. The molecule has 1 aromatic heterocycles. The first-order valence-corrected chi connectivity index (χ1v) is 7.27. The van der Waals surface area contributed by atoms with Crippen LogP contribution in [0.25, 0.3) is 21.9 Å². The van der Waals surface area contributed by atoms with Crippen molar-refractivity contribution in [1.29, 1.82) is 5.26 Å². The molecule has 23 heavy (non-hydrogen) atoms. The van der Waals surface area contributed by atoms with E-state index in [4.69, 9.17) is 9.68 Å². The number of rotatable bonds is 0. The van der Waals surface area contributed by atoms with Crippen molar-refractivity contribution < 1.29 is 4.42 Å². The second kappa shape index (κ2) is 5.37. The monoisotopic (exact) mass is 293 g/mol. The zero-order chi connectivity index (χ0) is 15.6. The van der Waals surface area contributed by atoms with Gasteiger partial charge in [-0.3, -0.25) is 0 Å². The summed E-state index contributed by atoms with van der Waals surface area (Å²) in [6, 6.07) is 23.4. The SMILES string of the molecule is N#Cc1cccc(C#Cc2ccc3c(c2)oc2ccccc23)c1. The number of nitrogens with zero attached hydrogens (tertiary/aromatic N) is 1. The van der Waals surface area contributed by atoms with Crippen molar-refractivity contribution in [3.05, 3.63) is 83.4 Å². The Labute approximate surface area is 133 Å². The van der Waals surface area contributed by atoms with Crippen LogP contribution in [-0.2, 0) is 0 Å². The van der Waals surface area contributed by atoms with Gasteiger partial charge in [0.2, 0.25) is 0 Å². The Balaban J connectivity index is 1.77. The third kappa shape index (κ3) is 2.44. The minimum Gasteiger partial charge on any atom is -0.456 e. The molecule has 4 rings (SSSR count). The second-order valence-electron chi connectivity index (χ2n) is 5.25. The van der Waals surface area contributed by atoms with Gasteiger partial charge in [-0.1, -0.05) is 36.1 Å². The molecule has 0 radical (unpaired) electrons. The van der Waals surface area contributed by atoms with Gasteiger partial charge < -0.3 is 4.42 Å². The van der Waals surface area contributed by atoms with Crippen molar-refractivity contribution in [2.75, 3.05) is 0 Å². The summed E-state index contributed by atoms with van der Waals surface area (Å²) in [5.41, 5.74) is 4.05. The summed E-state index contributed by atoms with van der Waals surface area (Å²) in [7, 11) is 0. The van der Waals surface area contributed by atoms with E-state index in [0.717, 1.165) is 33.1 Å². The Morgan fingerprint density at radius 1 is 0.652 bits per heavy atom. The average Bonchev–Trinajstić information content (AvgIpc) is 2.98. The number of furan rings is 1. The van der Waals surface area contributed by atoms with E-state index in [-0.39, 0.29) is 0 Å². The molecule has 0 unspecified atom stereocenters. The first-order chi connectivity index (χ1) is 11.3. The summed E-state index contributed by atoms with van der Waals surface area (Å²) < 4.78 is 5.87. The van der Waals surface area contributed by atoms with Gasteiger partial charge in [-0.05, 0) is 42.5 Å². The highest BCUT2D eigenvalue weighted by molar-refractivity contribution is 6.05. The maximum absolute atomic E-state index is 8.92. The smallest absolute Gasteiger partial charge is 0.136 e. The predicted molar refractivity (Wildman–Crippen MR) is 90.9 cm³/mol. The molecule has 106 valence electrons. The number of fused-ring (bicyclic) bond motifs is 3. The molecule has 0 N–H and O–H groups in total. The van der Waals surface area contributed by atoms with Gasteiger partial charge in [-0.2, -0.15) is 5.26 Å². The van der Waals surface area contributed by atoms with E-state index in [9.17, 15) is 0 Å². The summed E-state index contributed by atoms with van der Waals surface area (Å²) in [6.45, 7) is 0. The number of benzene rings is 3. The lowest BCUT2D eigenvalue weighted by molar-refractivity contribution is 0.669. The van der Waals surface area contributed by atoms with Crippen LogP contribution in [0.3, 0.4) is 0 Å². The van der Waals surface area contributed by atoms with Gasteiger partial charge in [0.05, 0.1) is 11.6 Å². The summed E-state index contributed by atoms with van der Waals surface area (Å²) in [5, 5.41) is 11.1. The molecule has 0 amide bonds. The molecule has 0 atom stereocenters. The van der Waals surface area contributed by atoms with Crippen molar-refractivity contribution in [1.82, 2.24) is 0 Å². The van der Waals surface area contributed by atoms with Gasteiger partial charge in [-0.15, -0.1) is 0 Å². The molecule has 0 aliphatic rings. The van der Waals surface area contributed by atoms with Gasteiger partial charge >= 0.3 is 0 Å². The number of para-hydroxylation sites is 1. The third-order valence-corrected chi connectivity index (χ3v) is 3.72. The molecule has 3 aromatic carbocycles. The minimum atomic E-state index is 0.615. The molecule has 0 fully saturated rings. The fourth-order valence-electron chi connectivity index (χ4n) is 2.61. The zero-order valence-corrected chi connectivity index (χ0v) is 12.2. The van der Waals surface area contributed by atoms with E-state index in [0.29, 0.717) is 5.56 Å². The van der Waals surface area contributed by atoms with Crippen LogP contribution >= 0.6 is 0 Å². The van der Waals surface area contributed by atoms with E-state index >= 15 is 0 Å². The summed E-state index contributed by atoms with van der Waals surface area (Å²) in [4.78, 5) is 0. The molecular weight excluding hydrogens is 282 g/mol. The Morgan fingerprint density at radius 2 is 1.39 bits per heavy atom. The summed E-state index contributed by atoms with van der Waals surface area (Å²) >= 11 is 0. The topological polar surface area (TPSA) is 36.9 Å². The lowest BCUT2D eigenvalue weighted by Crippen LogP contribution is -1.78.